The lowest BCUT2D eigenvalue weighted by Gasteiger charge is -2.19. The second-order valence-corrected chi connectivity index (χ2v) is 8.22. The Kier molecular flexibility index (Phi) is 4.74. The zero-order chi connectivity index (χ0) is 20.6. The standard InChI is InChI=1S/C24H24FN3O/c1-24(2,3)18-6-10-20(11-7-18)28-15-17-12-13-26-22(21(17)23(28)29)27-14-16-4-8-19(25)9-5-16/h4-13,15,29H,14H2,1-3H3,(H,26,27). The van der Waals surface area contributed by atoms with Crippen molar-refractivity contribution in [3.05, 3.63) is 83.9 Å². The molecule has 0 aliphatic rings. The zero-order valence-corrected chi connectivity index (χ0v) is 16.8. The van der Waals surface area contributed by atoms with E-state index >= 15 is 0 Å². The third-order valence-corrected chi connectivity index (χ3v) is 5.09. The van der Waals surface area contributed by atoms with Gasteiger partial charge in [0, 0.05) is 30.0 Å². The maximum absolute atomic E-state index is 13.1. The molecular formula is C24H24FN3O. The molecule has 0 bridgehead atoms. The molecule has 0 radical (unpaired) electrons. The largest absolute Gasteiger partial charge is 0.494 e. The first-order valence-corrected chi connectivity index (χ1v) is 9.61. The van der Waals surface area contributed by atoms with Crippen molar-refractivity contribution in [3.8, 4) is 11.6 Å². The van der Waals surface area contributed by atoms with Crippen LogP contribution in [0.25, 0.3) is 16.5 Å². The molecule has 29 heavy (non-hydrogen) atoms. The monoisotopic (exact) mass is 389 g/mol. The molecule has 2 heterocycles. The van der Waals surface area contributed by atoms with Gasteiger partial charge in [-0.1, -0.05) is 45.0 Å². The Morgan fingerprint density at radius 3 is 2.34 bits per heavy atom. The predicted octanol–water partition coefficient (Wildman–Crippen LogP) is 5.78. The van der Waals surface area contributed by atoms with Gasteiger partial charge in [0.2, 0.25) is 5.88 Å². The van der Waals surface area contributed by atoms with Gasteiger partial charge in [-0.2, -0.15) is 0 Å². The Bertz CT molecular complexity index is 1140. The van der Waals surface area contributed by atoms with Crippen molar-refractivity contribution in [2.45, 2.75) is 32.7 Å². The third kappa shape index (κ3) is 3.81. The van der Waals surface area contributed by atoms with Gasteiger partial charge in [0.1, 0.15) is 11.6 Å². The molecule has 4 rings (SSSR count). The van der Waals surface area contributed by atoms with Crippen LogP contribution < -0.4 is 5.32 Å². The van der Waals surface area contributed by atoms with Crippen LogP contribution in [0.15, 0.2) is 67.0 Å². The second kappa shape index (κ2) is 7.24. The van der Waals surface area contributed by atoms with Crippen molar-refractivity contribution in [1.82, 2.24) is 9.55 Å². The highest BCUT2D eigenvalue weighted by molar-refractivity contribution is 5.97. The number of hydrogen-bond acceptors (Lipinski definition) is 3. The van der Waals surface area contributed by atoms with Crippen LogP contribution in [0.2, 0.25) is 0 Å². The topological polar surface area (TPSA) is 50.1 Å². The summed E-state index contributed by atoms with van der Waals surface area (Å²) in [5, 5.41) is 15.7. The van der Waals surface area contributed by atoms with Gasteiger partial charge in [-0.25, -0.2) is 9.37 Å². The maximum atomic E-state index is 13.1. The molecule has 0 aliphatic carbocycles. The minimum absolute atomic E-state index is 0.0728. The quantitative estimate of drug-likeness (QED) is 0.465. The van der Waals surface area contributed by atoms with E-state index in [-0.39, 0.29) is 17.1 Å². The fourth-order valence-electron chi connectivity index (χ4n) is 3.38. The molecule has 5 heteroatoms. The van der Waals surface area contributed by atoms with Crippen LogP contribution in [0.1, 0.15) is 31.9 Å². The van der Waals surface area contributed by atoms with Gasteiger partial charge in [-0.05, 0) is 46.9 Å². The van der Waals surface area contributed by atoms with Crippen molar-refractivity contribution in [2.75, 3.05) is 5.32 Å². The van der Waals surface area contributed by atoms with Crippen molar-refractivity contribution < 1.29 is 9.50 Å². The van der Waals surface area contributed by atoms with Crippen LogP contribution in [0.4, 0.5) is 10.2 Å². The van der Waals surface area contributed by atoms with E-state index in [1.165, 1.54) is 17.7 Å². The molecule has 0 unspecified atom stereocenters. The van der Waals surface area contributed by atoms with Gasteiger partial charge >= 0.3 is 0 Å². The molecular weight excluding hydrogens is 365 g/mol. The summed E-state index contributed by atoms with van der Waals surface area (Å²) in [6, 6.07) is 16.4. The Hall–Kier alpha value is -3.34. The summed E-state index contributed by atoms with van der Waals surface area (Å²) in [5.74, 6) is 0.466. The summed E-state index contributed by atoms with van der Waals surface area (Å²) in [6.07, 6.45) is 3.61. The molecule has 0 spiro atoms. The lowest BCUT2D eigenvalue weighted by atomic mass is 9.87. The van der Waals surface area contributed by atoms with Crippen molar-refractivity contribution in [2.24, 2.45) is 0 Å². The average molecular weight is 389 g/mol. The Morgan fingerprint density at radius 2 is 1.69 bits per heavy atom. The number of aromatic hydroxyl groups is 1. The Labute approximate surface area is 169 Å². The number of aromatic nitrogens is 2. The number of anilines is 1. The van der Waals surface area contributed by atoms with E-state index in [4.69, 9.17) is 0 Å². The molecule has 0 atom stereocenters. The van der Waals surface area contributed by atoms with E-state index in [1.54, 1.807) is 22.9 Å². The number of nitrogens with one attached hydrogen (secondary N) is 1. The first-order valence-electron chi connectivity index (χ1n) is 9.61. The zero-order valence-electron chi connectivity index (χ0n) is 16.8. The van der Waals surface area contributed by atoms with Crippen molar-refractivity contribution in [3.63, 3.8) is 0 Å². The van der Waals surface area contributed by atoms with Gasteiger partial charge in [0.05, 0.1) is 5.39 Å². The minimum atomic E-state index is -0.263. The van der Waals surface area contributed by atoms with Crippen molar-refractivity contribution in [1.29, 1.82) is 0 Å². The van der Waals surface area contributed by atoms with Crippen LogP contribution in [0, 0.1) is 5.82 Å². The van der Waals surface area contributed by atoms with Crippen LogP contribution >= 0.6 is 0 Å². The molecule has 0 aliphatic heterocycles. The van der Waals surface area contributed by atoms with Crippen LogP contribution in [-0.4, -0.2) is 14.7 Å². The van der Waals surface area contributed by atoms with E-state index in [9.17, 15) is 9.50 Å². The number of nitrogens with zero attached hydrogens (tertiary/aromatic N) is 2. The molecule has 0 fully saturated rings. The summed E-state index contributed by atoms with van der Waals surface area (Å²) in [6.45, 7) is 7.01. The normalized spacial score (nSPS) is 11.7. The summed E-state index contributed by atoms with van der Waals surface area (Å²) < 4.78 is 14.9. The van der Waals surface area contributed by atoms with E-state index in [1.807, 2.05) is 24.4 Å². The van der Waals surface area contributed by atoms with E-state index < -0.39 is 0 Å². The molecule has 0 saturated carbocycles. The van der Waals surface area contributed by atoms with E-state index in [2.05, 4.69) is 43.2 Å². The lowest BCUT2D eigenvalue weighted by molar-refractivity contribution is 0.448. The molecule has 0 amide bonds. The van der Waals surface area contributed by atoms with Crippen molar-refractivity contribution >= 4 is 16.6 Å². The second-order valence-electron chi connectivity index (χ2n) is 8.22. The first-order chi connectivity index (χ1) is 13.8. The maximum Gasteiger partial charge on any atom is 0.207 e. The number of benzene rings is 2. The molecule has 148 valence electrons. The highest BCUT2D eigenvalue weighted by Crippen LogP contribution is 2.35. The average Bonchev–Trinajstić information content (AvgIpc) is 3.04. The van der Waals surface area contributed by atoms with E-state index in [0.717, 1.165) is 16.6 Å². The third-order valence-electron chi connectivity index (χ3n) is 5.09. The highest BCUT2D eigenvalue weighted by atomic mass is 19.1. The number of pyridine rings is 1. The first kappa shape index (κ1) is 19.0. The Morgan fingerprint density at radius 1 is 1.00 bits per heavy atom. The highest BCUT2D eigenvalue weighted by Gasteiger charge is 2.16. The number of hydrogen-bond donors (Lipinski definition) is 2. The smallest absolute Gasteiger partial charge is 0.207 e. The van der Waals surface area contributed by atoms with E-state index in [0.29, 0.717) is 17.7 Å². The molecule has 2 aromatic heterocycles. The summed E-state index contributed by atoms with van der Waals surface area (Å²) in [4.78, 5) is 4.40. The van der Waals surface area contributed by atoms with Gasteiger partial charge < -0.3 is 10.4 Å². The molecule has 4 nitrogen and oxygen atoms in total. The summed E-state index contributed by atoms with van der Waals surface area (Å²) in [7, 11) is 0. The SMILES string of the molecule is CC(C)(C)c1ccc(-n2cc3ccnc(NCc4ccc(F)cc4)c3c2O)cc1. The van der Waals surface area contributed by atoms with Crippen LogP contribution in [0.3, 0.4) is 0 Å². The Balaban J connectivity index is 1.67. The lowest BCUT2D eigenvalue weighted by Crippen LogP contribution is -2.10. The fraction of sp³-hybridized carbons (Fsp3) is 0.208. The molecule has 2 N–H and O–H groups in total. The van der Waals surface area contributed by atoms with Crippen LogP contribution in [0.5, 0.6) is 5.88 Å². The number of halogens is 1. The minimum Gasteiger partial charge on any atom is -0.494 e. The predicted molar refractivity (Wildman–Crippen MR) is 115 cm³/mol. The molecule has 0 saturated heterocycles. The summed E-state index contributed by atoms with van der Waals surface area (Å²) >= 11 is 0. The number of rotatable bonds is 4. The fourth-order valence-corrected chi connectivity index (χ4v) is 3.38. The number of fused-ring (bicyclic) bond motifs is 1. The van der Waals surface area contributed by atoms with Gasteiger partial charge in [0.15, 0.2) is 0 Å². The van der Waals surface area contributed by atoms with Gasteiger partial charge in [0.25, 0.3) is 0 Å². The molecule has 4 aromatic rings. The van der Waals surface area contributed by atoms with Crippen LogP contribution in [-0.2, 0) is 12.0 Å². The van der Waals surface area contributed by atoms with Gasteiger partial charge in [-0.3, -0.25) is 4.57 Å². The van der Waals surface area contributed by atoms with Gasteiger partial charge in [-0.15, -0.1) is 0 Å². The summed E-state index contributed by atoms with van der Waals surface area (Å²) in [5.41, 5.74) is 3.13. The molecule has 2 aromatic carbocycles.